The van der Waals surface area contributed by atoms with Crippen LogP contribution in [-0.2, 0) is 9.84 Å². The van der Waals surface area contributed by atoms with Crippen LogP contribution in [0, 0.1) is 18.3 Å². The first kappa shape index (κ1) is 12.8. The lowest BCUT2D eigenvalue weighted by molar-refractivity contribution is 0.566. The Bertz CT molecular complexity index is 604. The molecule has 5 nitrogen and oxygen atoms in total. The fraction of sp³-hybridized carbons (Fsp3) is 0.500. The molecule has 1 atom stereocenters. The molecule has 1 aliphatic heterocycles. The maximum Gasteiger partial charge on any atom is 0.154 e. The number of pyridine rings is 1. The third kappa shape index (κ3) is 2.62. The van der Waals surface area contributed by atoms with Gasteiger partial charge in [-0.2, -0.15) is 5.26 Å². The molecule has 0 amide bonds. The van der Waals surface area contributed by atoms with Gasteiger partial charge < -0.3 is 4.90 Å². The number of aromatic nitrogens is 1. The fourth-order valence-electron chi connectivity index (χ4n) is 2.20. The van der Waals surface area contributed by atoms with Crippen LogP contribution < -0.4 is 4.90 Å². The van der Waals surface area contributed by atoms with Gasteiger partial charge in [0.1, 0.15) is 5.82 Å². The Labute approximate surface area is 107 Å². The molecule has 1 unspecified atom stereocenters. The molecule has 2 rings (SSSR count). The van der Waals surface area contributed by atoms with Crippen LogP contribution in [0.1, 0.15) is 18.2 Å². The second kappa shape index (κ2) is 4.58. The van der Waals surface area contributed by atoms with E-state index in [-0.39, 0.29) is 17.5 Å². The predicted molar refractivity (Wildman–Crippen MR) is 69.2 cm³/mol. The monoisotopic (exact) mass is 265 g/mol. The Kier molecular flexibility index (Phi) is 3.26. The largest absolute Gasteiger partial charge is 0.352 e. The average molecular weight is 265 g/mol. The molecule has 0 spiro atoms. The number of nitriles is 1. The zero-order valence-corrected chi connectivity index (χ0v) is 11.2. The van der Waals surface area contributed by atoms with Crippen molar-refractivity contribution in [2.45, 2.75) is 19.9 Å². The average Bonchev–Trinajstić information content (AvgIpc) is 2.26. The van der Waals surface area contributed by atoms with E-state index in [1.165, 1.54) is 0 Å². The first-order valence-corrected chi connectivity index (χ1v) is 7.59. The smallest absolute Gasteiger partial charge is 0.154 e. The number of hydrogen-bond donors (Lipinski definition) is 0. The van der Waals surface area contributed by atoms with Gasteiger partial charge in [-0.3, -0.25) is 0 Å². The van der Waals surface area contributed by atoms with E-state index in [0.29, 0.717) is 17.9 Å². The van der Waals surface area contributed by atoms with Crippen molar-refractivity contribution in [1.29, 1.82) is 5.26 Å². The van der Waals surface area contributed by atoms with Gasteiger partial charge in [0, 0.05) is 18.3 Å². The van der Waals surface area contributed by atoms with E-state index in [1.807, 2.05) is 18.7 Å². The first-order chi connectivity index (χ1) is 8.41. The number of anilines is 1. The van der Waals surface area contributed by atoms with Gasteiger partial charge >= 0.3 is 0 Å². The van der Waals surface area contributed by atoms with Gasteiger partial charge in [-0.15, -0.1) is 0 Å². The highest BCUT2D eigenvalue weighted by Crippen LogP contribution is 2.21. The van der Waals surface area contributed by atoms with Gasteiger partial charge in [0.25, 0.3) is 0 Å². The number of nitrogens with zero attached hydrogens (tertiary/aromatic N) is 3. The molecule has 0 aliphatic carbocycles. The molecule has 6 heteroatoms. The second-order valence-corrected chi connectivity index (χ2v) is 6.85. The van der Waals surface area contributed by atoms with Gasteiger partial charge in [0.05, 0.1) is 23.1 Å². The SMILES string of the molecule is Cc1cc(C#N)cc(N2CCS(=O)(=O)CC2C)n1. The summed E-state index contributed by atoms with van der Waals surface area (Å²) in [4.78, 5) is 6.34. The van der Waals surface area contributed by atoms with Gasteiger partial charge in [-0.25, -0.2) is 13.4 Å². The minimum atomic E-state index is -2.93. The van der Waals surface area contributed by atoms with Crippen LogP contribution in [0.25, 0.3) is 0 Å². The maximum atomic E-state index is 11.5. The Balaban J connectivity index is 2.33. The zero-order chi connectivity index (χ0) is 13.3. The normalized spacial score (nSPS) is 22.5. The second-order valence-electron chi connectivity index (χ2n) is 4.62. The van der Waals surface area contributed by atoms with E-state index in [9.17, 15) is 8.42 Å². The van der Waals surface area contributed by atoms with Crippen LogP contribution >= 0.6 is 0 Å². The summed E-state index contributed by atoms with van der Waals surface area (Å²) in [5.41, 5.74) is 1.32. The topological polar surface area (TPSA) is 74.1 Å². The van der Waals surface area contributed by atoms with Crippen LogP contribution in [0.4, 0.5) is 5.82 Å². The lowest BCUT2D eigenvalue weighted by Gasteiger charge is -2.34. The van der Waals surface area contributed by atoms with E-state index in [4.69, 9.17) is 5.26 Å². The van der Waals surface area contributed by atoms with Crippen molar-refractivity contribution in [3.05, 3.63) is 23.4 Å². The molecule has 0 aromatic carbocycles. The summed E-state index contributed by atoms with van der Waals surface area (Å²) < 4.78 is 23.1. The minimum Gasteiger partial charge on any atom is -0.352 e. The summed E-state index contributed by atoms with van der Waals surface area (Å²) in [6.45, 7) is 4.13. The Morgan fingerprint density at radius 2 is 2.22 bits per heavy atom. The highest BCUT2D eigenvalue weighted by Gasteiger charge is 2.29. The summed E-state index contributed by atoms with van der Waals surface area (Å²) in [6.07, 6.45) is 0. The van der Waals surface area contributed by atoms with Crippen molar-refractivity contribution < 1.29 is 8.42 Å². The molecule has 18 heavy (non-hydrogen) atoms. The van der Waals surface area contributed by atoms with Crippen molar-refractivity contribution in [2.24, 2.45) is 0 Å². The van der Waals surface area contributed by atoms with E-state index < -0.39 is 9.84 Å². The van der Waals surface area contributed by atoms with E-state index >= 15 is 0 Å². The molecular formula is C12H15N3O2S. The summed E-state index contributed by atoms with van der Waals surface area (Å²) in [7, 11) is -2.93. The van der Waals surface area contributed by atoms with Gasteiger partial charge in [0.15, 0.2) is 9.84 Å². The van der Waals surface area contributed by atoms with Crippen molar-refractivity contribution in [2.75, 3.05) is 23.0 Å². The summed E-state index contributed by atoms with van der Waals surface area (Å²) >= 11 is 0. The third-order valence-electron chi connectivity index (χ3n) is 3.03. The molecule has 1 aliphatic rings. The number of aryl methyl sites for hydroxylation is 1. The predicted octanol–water partition coefficient (Wildman–Crippen LogP) is 0.885. The molecular weight excluding hydrogens is 250 g/mol. The van der Waals surface area contributed by atoms with Crippen LogP contribution in [0.2, 0.25) is 0 Å². The molecule has 1 fully saturated rings. The van der Waals surface area contributed by atoms with Crippen molar-refractivity contribution in [3.8, 4) is 6.07 Å². The van der Waals surface area contributed by atoms with Crippen LogP contribution in [0.3, 0.4) is 0 Å². The summed E-state index contributed by atoms with van der Waals surface area (Å²) in [5.74, 6) is 0.980. The third-order valence-corrected chi connectivity index (χ3v) is 4.83. The number of hydrogen-bond acceptors (Lipinski definition) is 5. The Hall–Kier alpha value is -1.61. The fourth-order valence-corrected chi connectivity index (χ4v) is 3.76. The van der Waals surface area contributed by atoms with Crippen molar-refractivity contribution in [1.82, 2.24) is 4.98 Å². The molecule has 1 aromatic rings. The van der Waals surface area contributed by atoms with E-state index in [2.05, 4.69) is 11.1 Å². The van der Waals surface area contributed by atoms with Crippen LogP contribution in [0.5, 0.6) is 0 Å². The van der Waals surface area contributed by atoms with Gasteiger partial charge in [-0.1, -0.05) is 0 Å². The summed E-state index contributed by atoms with van der Waals surface area (Å²) in [5, 5.41) is 8.94. The standard InChI is InChI=1S/C12H15N3O2S/c1-9-5-11(7-13)6-12(14-9)15-3-4-18(16,17)8-10(15)2/h5-6,10H,3-4,8H2,1-2H3. The van der Waals surface area contributed by atoms with Gasteiger partial charge in [0.2, 0.25) is 0 Å². The maximum absolute atomic E-state index is 11.5. The summed E-state index contributed by atoms with van der Waals surface area (Å²) in [6, 6.07) is 5.41. The van der Waals surface area contributed by atoms with Crippen LogP contribution in [0.15, 0.2) is 12.1 Å². The molecule has 0 bridgehead atoms. The molecule has 2 heterocycles. The Morgan fingerprint density at radius 3 is 2.83 bits per heavy atom. The van der Waals surface area contributed by atoms with Crippen molar-refractivity contribution in [3.63, 3.8) is 0 Å². The highest BCUT2D eigenvalue weighted by molar-refractivity contribution is 7.91. The molecule has 96 valence electrons. The molecule has 1 saturated heterocycles. The number of rotatable bonds is 1. The van der Waals surface area contributed by atoms with Gasteiger partial charge in [-0.05, 0) is 26.0 Å². The van der Waals surface area contributed by atoms with Crippen molar-refractivity contribution >= 4 is 15.7 Å². The molecule has 0 N–H and O–H groups in total. The highest BCUT2D eigenvalue weighted by atomic mass is 32.2. The molecule has 0 radical (unpaired) electrons. The minimum absolute atomic E-state index is 0.107. The first-order valence-electron chi connectivity index (χ1n) is 5.77. The zero-order valence-electron chi connectivity index (χ0n) is 10.4. The molecule has 0 saturated carbocycles. The molecule has 1 aromatic heterocycles. The lowest BCUT2D eigenvalue weighted by Crippen LogP contribution is -2.47. The number of sulfone groups is 1. The van der Waals surface area contributed by atoms with E-state index in [0.717, 1.165) is 5.69 Å². The quantitative estimate of drug-likeness (QED) is 0.753. The lowest BCUT2D eigenvalue weighted by atomic mass is 10.2. The Morgan fingerprint density at radius 1 is 1.50 bits per heavy atom. The van der Waals surface area contributed by atoms with E-state index in [1.54, 1.807) is 12.1 Å². The van der Waals surface area contributed by atoms with Crippen LogP contribution in [-0.4, -0.2) is 37.5 Å².